The van der Waals surface area contributed by atoms with E-state index in [0.29, 0.717) is 0 Å². The fourth-order valence-electron chi connectivity index (χ4n) is 0.564. The van der Waals surface area contributed by atoms with Crippen LogP contribution in [0, 0.1) is 0 Å². The van der Waals surface area contributed by atoms with Crippen LogP contribution in [-0.2, 0) is 14.9 Å². The van der Waals surface area contributed by atoms with Crippen molar-refractivity contribution in [3.8, 4) is 0 Å². The van der Waals surface area contributed by atoms with Gasteiger partial charge in [-0.25, -0.2) is 9.52 Å². The Morgan fingerprint density at radius 2 is 2.13 bits per heavy atom. The van der Waals surface area contributed by atoms with E-state index in [1.54, 1.807) is 4.72 Å². The molecule has 0 aliphatic carbocycles. The van der Waals surface area contributed by atoms with Crippen molar-refractivity contribution in [1.29, 1.82) is 0 Å². The van der Waals surface area contributed by atoms with Gasteiger partial charge in [-0.3, -0.25) is 0 Å². The number of methoxy groups -OCH3 is 1. The van der Waals surface area contributed by atoms with Gasteiger partial charge in [-0.05, 0) is 6.92 Å². The Kier molecular flexibility index (Phi) is 5.50. The highest BCUT2D eigenvalue weighted by molar-refractivity contribution is 7.88. The molecule has 2 unspecified atom stereocenters. The zero-order valence-electron chi connectivity index (χ0n) is 8.43. The van der Waals surface area contributed by atoms with Crippen LogP contribution in [0.25, 0.3) is 0 Å². The monoisotopic (exact) mass is 241 g/mol. The number of amides is 1. The molecule has 0 bridgehead atoms. The molecule has 15 heavy (non-hydrogen) atoms. The van der Waals surface area contributed by atoms with Crippen LogP contribution in [0.3, 0.4) is 0 Å². The second-order valence-corrected chi connectivity index (χ2v) is 4.35. The Morgan fingerprint density at radius 1 is 1.60 bits per heavy atom. The zero-order chi connectivity index (χ0) is 12.1. The van der Waals surface area contributed by atoms with Crippen molar-refractivity contribution < 1.29 is 23.1 Å². The number of hydrogen-bond acceptors (Lipinski definition) is 6. The maximum atomic E-state index is 11.1. The molecule has 90 valence electrons. The summed E-state index contributed by atoms with van der Waals surface area (Å²) >= 11 is 0. The maximum Gasteiger partial charge on any atom is 0.421 e. The molecule has 0 radical (unpaired) electrons. The molecule has 5 N–H and O–H groups in total. The largest absolute Gasteiger partial charge is 0.452 e. The van der Waals surface area contributed by atoms with Crippen molar-refractivity contribution in [2.45, 2.75) is 19.1 Å². The van der Waals surface area contributed by atoms with E-state index in [1.807, 2.05) is 4.72 Å². The van der Waals surface area contributed by atoms with Crippen LogP contribution in [0.1, 0.15) is 6.92 Å². The maximum absolute atomic E-state index is 11.1. The Balaban J connectivity index is 4.11. The topological polar surface area (TPSA) is 131 Å². The first-order chi connectivity index (χ1) is 6.78. The molecular formula is C6H15N3O5S. The number of aliphatic hydroxyl groups excluding tert-OH is 1. The third-order valence-electron chi connectivity index (χ3n) is 1.53. The van der Waals surface area contributed by atoms with Gasteiger partial charge in [0.2, 0.25) is 0 Å². The summed E-state index contributed by atoms with van der Waals surface area (Å²) in [6.07, 6.45) is -1.96. The second kappa shape index (κ2) is 5.85. The van der Waals surface area contributed by atoms with Crippen LogP contribution < -0.4 is 15.2 Å². The summed E-state index contributed by atoms with van der Waals surface area (Å²) in [5.74, 6) is 0. The lowest BCUT2D eigenvalue weighted by atomic mass is 10.2. The number of hydrogen-bond donors (Lipinski definition) is 4. The number of aliphatic hydroxyl groups is 1. The Labute approximate surface area is 88.0 Å². The minimum atomic E-state index is -3.99. The summed E-state index contributed by atoms with van der Waals surface area (Å²) < 4.78 is 29.8. The van der Waals surface area contributed by atoms with E-state index in [-0.39, 0.29) is 6.54 Å². The van der Waals surface area contributed by atoms with Crippen LogP contribution in [0.15, 0.2) is 0 Å². The summed E-state index contributed by atoms with van der Waals surface area (Å²) in [7, 11) is -2.95. The lowest BCUT2D eigenvalue weighted by molar-refractivity contribution is 0.164. The van der Waals surface area contributed by atoms with Gasteiger partial charge in [0.25, 0.3) is 0 Å². The quantitative estimate of drug-likeness (QED) is 0.435. The third-order valence-corrected chi connectivity index (χ3v) is 2.51. The van der Waals surface area contributed by atoms with Gasteiger partial charge in [0.1, 0.15) is 0 Å². The fraction of sp³-hybridized carbons (Fsp3) is 0.833. The normalized spacial score (nSPS) is 15.5. The minimum absolute atomic E-state index is 0.190. The lowest BCUT2D eigenvalue weighted by Crippen LogP contribution is -2.48. The molecule has 0 aromatic rings. The first kappa shape index (κ1) is 14.1. The average Bonchev–Trinajstić information content (AvgIpc) is 2.13. The minimum Gasteiger partial charge on any atom is -0.452 e. The van der Waals surface area contributed by atoms with E-state index in [1.165, 1.54) is 6.92 Å². The number of rotatable bonds is 5. The van der Waals surface area contributed by atoms with E-state index in [9.17, 15) is 13.2 Å². The van der Waals surface area contributed by atoms with Gasteiger partial charge in [-0.2, -0.15) is 13.1 Å². The Bertz CT molecular complexity index is 302. The first-order valence-corrected chi connectivity index (χ1v) is 5.56. The molecule has 0 spiro atoms. The Hall–Kier alpha value is -0.900. The van der Waals surface area contributed by atoms with Crippen molar-refractivity contribution in [3.05, 3.63) is 0 Å². The molecule has 0 aliphatic heterocycles. The highest BCUT2D eigenvalue weighted by Gasteiger charge is 2.17. The summed E-state index contributed by atoms with van der Waals surface area (Å²) in [6, 6.07) is -0.751. The fourth-order valence-corrected chi connectivity index (χ4v) is 1.35. The van der Waals surface area contributed by atoms with Gasteiger partial charge in [0.05, 0.1) is 13.2 Å². The molecule has 0 saturated carbocycles. The molecular weight excluding hydrogens is 226 g/mol. The highest BCUT2D eigenvalue weighted by Crippen LogP contribution is 1.88. The molecule has 0 aliphatic rings. The third kappa shape index (κ3) is 6.23. The van der Waals surface area contributed by atoms with Crippen molar-refractivity contribution in [1.82, 2.24) is 9.44 Å². The first-order valence-electron chi connectivity index (χ1n) is 4.07. The van der Waals surface area contributed by atoms with Gasteiger partial charge in [-0.1, -0.05) is 0 Å². The van der Waals surface area contributed by atoms with E-state index in [0.717, 1.165) is 7.11 Å². The standard InChI is InChI=1S/C6H15N3O5S/c1-4(10)5(7)3-8-15(12,13)9-6(11)14-2/h4-5,8,10H,3,7H2,1-2H3,(H,9,11). The molecule has 0 fully saturated rings. The average molecular weight is 241 g/mol. The summed E-state index contributed by atoms with van der Waals surface area (Å²) in [5, 5.41) is 8.97. The van der Waals surface area contributed by atoms with E-state index >= 15 is 0 Å². The smallest absolute Gasteiger partial charge is 0.421 e. The van der Waals surface area contributed by atoms with E-state index in [4.69, 9.17) is 10.8 Å². The molecule has 2 atom stereocenters. The van der Waals surface area contributed by atoms with Crippen molar-refractivity contribution in [3.63, 3.8) is 0 Å². The van der Waals surface area contributed by atoms with Crippen molar-refractivity contribution in [2.75, 3.05) is 13.7 Å². The molecule has 9 heteroatoms. The molecule has 0 rings (SSSR count). The van der Waals surface area contributed by atoms with Crippen molar-refractivity contribution in [2.24, 2.45) is 5.73 Å². The number of nitrogens with two attached hydrogens (primary N) is 1. The SMILES string of the molecule is COC(=O)NS(=O)(=O)NCC(N)C(C)O. The zero-order valence-corrected chi connectivity index (χ0v) is 9.24. The predicted octanol–water partition coefficient (Wildman–Crippen LogP) is -2.12. The van der Waals surface area contributed by atoms with Crippen LogP contribution in [0.4, 0.5) is 4.79 Å². The second-order valence-electron chi connectivity index (χ2n) is 2.85. The van der Waals surface area contributed by atoms with Crippen LogP contribution >= 0.6 is 0 Å². The van der Waals surface area contributed by atoms with Gasteiger partial charge in [-0.15, -0.1) is 0 Å². The number of nitrogens with one attached hydrogen (secondary N) is 2. The molecule has 8 nitrogen and oxygen atoms in total. The highest BCUT2D eigenvalue weighted by atomic mass is 32.2. The molecule has 0 aromatic carbocycles. The van der Waals surface area contributed by atoms with Gasteiger partial charge >= 0.3 is 16.3 Å². The van der Waals surface area contributed by atoms with Gasteiger partial charge in [0.15, 0.2) is 0 Å². The molecule has 1 amide bonds. The van der Waals surface area contributed by atoms with Crippen molar-refractivity contribution >= 4 is 16.3 Å². The number of carbonyl (C=O) groups excluding carboxylic acids is 1. The van der Waals surface area contributed by atoms with Gasteiger partial charge < -0.3 is 15.6 Å². The lowest BCUT2D eigenvalue weighted by Gasteiger charge is -2.15. The Morgan fingerprint density at radius 3 is 2.53 bits per heavy atom. The molecule has 0 saturated heterocycles. The predicted molar refractivity (Wildman–Crippen MR) is 52.1 cm³/mol. The molecule has 0 aromatic heterocycles. The van der Waals surface area contributed by atoms with E-state index < -0.39 is 28.4 Å². The van der Waals surface area contributed by atoms with Crippen LogP contribution in [0.2, 0.25) is 0 Å². The summed E-state index contributed by atoms with van der Waals surface area (Å²) in [5.41, 5.74) is 5.37. The van der Waals surface area contributed by atoms with Crippen LogP contribution in [-0.4, -0.2) is 45.4 Å². The van der Waals surface area contributed by atoms with E-state index in [2.05, 4.69) is 4.74 Å². The van der Waals surface area contributed by atoms with Gasteiger partial charge in [0, 0.05) is 12.6 Å². The summed E-state index contributed by atoms with van der Waals surface area (Å²) in [4.78, 5) is 10.6. The molecule has 0 heterocycles. The number of carbonyl (C=O) groups is 1. The summed E-state index contributed by atoms with van der Waals surface area (Å²) in [6.45, 7) is 1.23. The van der Waals surface area contributed by atoms with Crippen LogP contribution in [0.5, 0.6) is 0 Å². The number of ether oxygens (including phenoxy) is 1.